The van der Waals surface area contributed by atoms with E-state index in [0.717, 1.165) is 17.9 Å². The van der Waals surface area contributed by atoms with Gasteiger partial charge in [0.1, 0.15) is 6.07 Å². The minimum atomic E-state index is -0.174. The van der Waals surface area contributed by atoms with Crippen LogP contribution in [0.4, 0.5) is 5.69 Å². The average Bonchev–Trinajstić information content (AvgIpc) is 3.34. The monoisotopic (exact) mass is 366 g/mol. The van der Waals surface area contributed by atoms with Crippen LogP contribution in [0.1, 0.15) is 24.8 Å². The Morgan fingerprint density at radius 2 is 2.11 bits per heavy atom. The lowest BCUT2D eigenvalue weighted by atomic mass is 10.2. The molecule has 8 nitrogen and oxygen atoms in total. The Morgan fingerprint density at radius 1 is 1.26 bits per heavy atom. The van der Waals surface area contributed by atoms with Crippen LogP contribution in [-0.4, -0.2) is 29.2 Å². The van der Waals surface area contributed by atoms with Gasteiger partial charge in [-0.15, -0.1) is 10.2 Å². The minimum Gasteiger partial charge on any atom is -0.459 e. The molecule has 1 aromatic carbocycles. The number of hydrogen-bond acceptors (Lipinski definition) is 6. The molecule has 2 heterocycles. The number of aromatic nitrogens is 2. The molecule has 1 amide bonds. The molecule has 2 N–H and O–H groups in total. The summed E-state index contributed by atoms with van der Waals surface area (Å²) in [6.45, 7) is 3.47. The third-order valence-electron chi connectivity index (χ3n) is 3.94. The third kappa shape index (κ3) is 4.80. The van der Waals surface area contributed by atoms with Gasteiger partial charge in [0.2, 0.25) is 0 Å². The Balaban J connectivity index is 1.63. The summed E-state index contributed by atoms with van der Waals surface area (Å²) in [5.74, 6) is 1.09. The average molecular weight is 366 g/mol. The second-order valence-electron chi connectivity index (χ2n) is 6.04. The van der Waals surface area contributed by atoms with Gasteiger partial charge in [0, 0.05) is 0 Å². The standard InChI is InChI=1S/C19H19N5O3/c1-2-9-24(12-17(25)21-15-7-4-3-6-14(15)11-20)13-18-22-23-19(27-18)16-8-5-10-26-16/h3-8,10H,2,9,12-13H2,1H3,(H,21,25)/p+1. The highest BCUT2D eigenvalue weighted by molar-refractivity contribution is 5.92. The van der Waals surface area contributed by atoms with Crippen molar-refractivity contribution in [2.75, 3.05) is 18.4 Å². The normalized spacial score (nSPS) is 11.7. The van der Waals surface area contributed by atoms with E-state index in [-0.39, 0.29) is 12.5 Å². The number of amides is 1. The summed E-state index contributed by atoms with van der Waals surface area (Å²) in [7, 11) is 0. The fraction of sp³-hybridized carbons (Fsp3) is 0.263. The first-order valence-corrected chi connectivity index (χ1v) is 8.68. The van der Waals surface area contributed by atoms with Crippen molar-refractivity contribution in [1.82, 2.24) is 10.2 Å². The third-order valence-corrected chi connectivity index (χ3v) is 3.94. The van der Waals surface area contributed by atoms with Gasteiger partial charge in [-0.2, -0.15) is 5.26 Å². The molecule has 1 unspecified atom stereocenters. The molecule has 0 fully saturated rings. The Morgan fingerprint density at radius 3 is 2.85 bits per heavy atom. The van der Waals surface area contributed by atoms with Crippen LogP contribution < -0.4 is 10.2 Å². The zero-order valence-corrected chi connectivity index (χ0v) is 14.9. The number of rotatable bonds is 8. The minimum absolute atomic E-state index is 0.174. The Kier molecular flexibility index (Phi) is 5.97. The van der Waals surface area contributed by atoms with E-state index < -0.39 is 0 Å². The van der Waals surface area contributed by atoms with Crippen molar-refractivity contribution in [2.24, 2.45) is 0 Å². The Labute approximate surface area is 156 Å². The predicted molar refractivity (Wildman–Crippen MR) is 96.5 cm³/mol. The molecule has 0 aliphatic carbocycles. The molecular weight excluding hydrogens is 346 g/mol. The maximum Gasteiger partial charge on any atom is 0.283 e. The first kappa shape index (κ1) is 18.4. The second-order valence-corrected chi connectivity index (χ2v) is 6.04. The van der Waals surface area contributed by atoms with Crippen LogP contribution in [0.2, 0.25) is 0 Å². The van der Waals surface area contributed by atoms with Gasteiger partial charge in [-0.05, 0) is 30.7 Å². The summed E-state index contributed by atoms with van der Waals surface area (Å²) in [6.07, 6.45) is 2.44. The van der Waals surface area contributed by atoms with E-state index in [9.17, 15) is 4.79 Å². The molecule has 8 heteroatoms. The molecule has 2 aromatic heterocycles. The molecule has 27 heavy (non-hydrogen) atoms. The lowest BCUT2D eigenvalue weighted by molar-refractivity contribution is -0.907. The molecule has 0 aliphatic heterocycles. The highest BCUT2D eigenvalue weighted by Crippen LogP contribution is 2.17. The van der Waals surface area contributed by atoms with E-state index in [1.54, 1.807) is 36.4 Å². The number of para-hydroxylation sites is 1. The SMILES string of the molecule is CCC[NH+](CC(=O)Nc1ccccc1C#N)Cc1nnc(-c2ccco2)o1. The number of carbonyl (C=O) groups excluding carboxylic acids is 1. The first-order chi connectivity index (χ1) is 13.2. The number of nitriles is 1. The fourth-order valence-corrected chi connectivity index (χ4v) is 2.74. The van der Waals surface area contributed by atoms with Gasteiger partial charge in [0.05, 0.1) is 24.1 Å². The summed E-state index contributed by atoms with van der Waals surface area (Å²) in [5, 5.41) is 20.0. The van der Waals surface area contributed by atoms with E-state index >= 15 is 0 Å². The van der Waals surface area contributed by atoms with Crippen LogP contribution in [0.15, 0.2) is 51.5 Å². The first-order valence-electron chi connectivity index (χ1n) is 8.68. The van der Waals surface area contributed by atoms with Gasteiger partial charge in [-0.3, -0.25) is 4.79 Å². The molecule has 0 saturated carbocycles. The smallest absolute Gasteiger partial charge is 0.283 e. The molecule has 0 saturated heterocycles. The molecule has 3 rings (SSSR count). The predicted octanol–water partition coefficient (Wildman–Crippen LogP) is 1.63. The Bertz CT molecular complexity index is 927. The summed E-state index contributed by atoms with van der Waals surface area (Å²) in [6, 6.07) is 12.5. The highest BCUT2D eigenvalue weighted by Gasteiger charge is 2.19. The van der Waals surface area contributed by atoms with Crippen molar-refractivity contribution in [1.29, 1.82) is 5.26 Å². The fourth-order valence-electron chi connectivity index (χ4n) is 2.74. The Hall–Kier alpha value is -3.44. The van der Waals surface area contributed by atoms with Gasteiger partial charge < -0.3 is 19.1 Å². The largest absolute Gasteiger partial charge is 0.459 e. The van der Waals surface area contributed by atoms with Gasteiger partial charge >= 0.3 is 0 Å². The van der Waals surface area contributed by atoms with Crippen molar-refractivity contribution in [3.8, 4) is 17.7 Å². The van der Waals surface area contributed by atoms with E-state index in [4.69, 9.17) is 14.1 Å². The summed E-state index contributed by atoms with van der Waals surface area (Å²) in [5.41, 5.74) is 0.946. The molecule has 1 atom stereocenters. The van der Waals surface area contributed by atoms with E-state index in [2.05, 4.69) is 21.6 Å². The quantitative estimate of drug-likeness (QED) is 0.627. The van der Waals surface area contributed by atoms with E-state index in [1.165, 1.54) is 6.26 Å². The van der Waals surface area contributed by atoms with Crippen molar-refractivity contribution in [2.45, 2.75) is 19.9 Å². The van der Waals surface area contributed by atoms with Crippen LogP contribution in [0.3, 0.4) is 0 Å². The zero-order chi connectivity index (χ0) is 19.1. The lowest BCUT2D eigenvalue weighted by Crippen LogP contribution is -3.11. The molecule has 0 bridgehead atoms. The maximum absolute atomic E-state index is 12.4. The summed E-state index contributed by atoms with van der Waals surface area (Å²) >= 11 is 0. The van der Waals surface area contributed by atoms with Gasteiger partial charge in [0.25, 0.3) is 17.7 Å². The topological polar surface area (TPSA) is 109 Å². The second kappa shape index (κ2) is 8.78. The molecule has 138 valence electrons. The number of nitrogens with zero attached hydrogens (tertiary/aromatic N) is 3. The zero-order valence-electron chi connectivity index (χ0n) is 14.9. The molecule has 0 aliphatic rings. The number of benzene rings is 1. The molecule has 3 aromatic rings. The van der Waals surface area contributed by atoms with Crippen LogP contribution in [0.25, 0.3) is 11.7 Å². The van der Waals surface area contributed by atoms with Gasteiger partial charge in [-0.1, -0.05) is 19.1 Å². The van der Waals surface area contributed by atoms with Crippen molar-refractivity contribution >= 4 is 11.6 Å². The molecule has 0 spiro atoms. The van der Waals surface area contributed by atoms with E-state index in [0.29, 0.717) is 35.3 Å². The molecular formula is C19H20N5O3+. The number of anilines is 1. The van der Waals surface area contributed by atoms with Gasteiger partial charge in [-0.25, -0.2) is 0 Å². The van der Waals surface area contributed by atoms with Crippen molar-refractivity contribution in [3.63, 3.8) is 0 Å². The lowest BCUT2D eigenvalue weighted by Gasteiger charge is -2.16. The van der Waals surface area contributed by atoms with Crippen LogP contribution >= 0.6 is 0 Å². The van der Waals surface area contributed by atoms with Crippen LogP contribution in [-0.2, 0) is 11.3 Å². The number of nitrogens with one attached hydrogen (secondary N) is 2. The number of quaternary nitrogens is 1. The summed E-state index contributed by atoms with van der Waals surface area (Å²) < 4.78 is 10.9. The van der Waals surface area contributed by atoms with Crippen LogP contribution in [0, 0.1) is 11.3 Å². The number of hydrogen-bond donors (Lipinski definition) is 2. The highest BCUT2D eigenvalue weighted by atomic mass is 16.4. The van der Waals surface area contributed by atoms with Crippen molar-refractivity contribution < 1.29 is 18.5 Å². The maximum atomic E-state index is 12.4. The van der Waals surface area contributed by atoms with E-state index in [1.807, 2.05) is 6.92 Å². The molecule has 0 radical (unpaired) electrons. The van der Waals surface area contributed by atoms with Gasteiger partial charge in [0.15, 0.2) is 18.8 Å². The van der Waals surface area contributed by atoms with Crippen molar-refractivity contribution in [3.05, 3.63) is 54.1 Å². The number of carbonyl (C=O) groups is 1. The number of furan rings is 1. The summed E-state index contributed by atoms with van der Waals surface area (Å²) in [4.78, 5) is 13.4. The van der Waals surface area contributed by atoms with Crippen LogP contribution in [0.5, 0.6) is 0 Å².